The molecule has 3 aromatic rings. The molecule has 1 aromatic heterocycles. The zero-order valence-corrected chi connectivity index (χ0v) is 15.9. The quantitative estimate of drug-likeness (QED) is 0.304. The lowest BCUT2D eigenvalue weighted by atomic mass is 10.1. The van der Waals surface area contributed by atoms with Gasteiger partial charge < -0.3 is 10.4 Å². The van der Waals surface area contributed by atoms with Gasteiger partial charge in [-0.25, -0.2) is 0 Å². The Morgan fingerprint density at radius 2 is 1.68 bits per heavy atom. The third-order valence-corrected chi connectivity index (χ3v) is 4.20. The van der Waals surface area contributed by atoms with E-state index in [1.807, 2.05) is 0 Å². The van der Waals surface area contributed by atoms with Crippen LogP contribution >= 0.6 is 23.2 Å². The van der Waals surface area contributed by atoms with E-state index in [0.717, 1.165) is 0 Å². The maximum atomic E-state index is 12.7. The summed E-state index contributed by atoms with van der Waals surface area (Å²) in [4.78, 5) is 16.7. The van der Waals surface area contributed by atoms with Gasteiger partial charge in [-0.15, -0.1) is 10.2 Å². The largest absolute Gasteiger partial charge is 0.505 e. The fraction of sp³-hybridized carbons (Fsp3) is 0. The molecule has 0 aliphatic rings. The van der Waals surface area contributed by atoms with E-state index in [9.17, 15) is 9.90 Å². The smallest absolute Gasteiger partial charge is 0.280 e. The molecule has 1 heterocycles. The number of aromatic nitrogens is 1. The number of carbonyl (C=O) groups excluding carboxylic acids is 1. The zero-order chi connectivity index (χ0) is 19.9. The predicted octanol–water partition coefficient (Wildman–Crippen LogP) is 6.04. The molecule has 8 heteroatoms. The maximum absolute atomic E-state index is 12.7. The Morgan fingerprint density at radius 3 is 2.32 bits per heavy atom. The van der Waals surface area contributed by atoms with Crippen LogP contribution in [0.3, 0.4) is 0 Å². The highest BCUT2D eigenvalue weighted by atomic mass is 35.5. The molecule has 0 aliphatic carbocycles. The lowest BCUT2D eigenvalue weighted by molar-refractivity contribution is -0.112. The Morgan fingerprint density at radius 1 is 0.964 bits per heavy atom. The summed E-state index contributed by atoms with van der Waals surface area (Å²) in [6.07, 6.45) is 3.05. The number of nitrogens with one attached hydrogen (secondary N) is 1. The number of anilines is 1. The maximum Gasteiger partial charge on any atom is 0.280 e. The number of azo groups is 1. The number of carbonyl (C=O) groups is 1. The summed E-state index contributed by atoms with van der Waals surface area (Å²) >= 11 is 12.2. The molecule has 0 spiro atoms. The van der Waals surface area contributed by atoms with Crippen molar-refractivity contribution < 1.29 is 9.90 Å². The highest BCUT2D eigenvalue weighted by Gasteiger charge is 2.18. The molecule has 0 atom stereocenters. The number of rotatable bonds is 5. The fourth-order valence-corrected chi connectivity index (χ4v) is 2.72. The van der Waals surface area contributed by atoms with Crippen LogP contribution in [0.4, 0.5) is 11.4 Å². The Balaban J connectivity index is 2.02. The van der Waals surface area contributed by atoms with Crippen molar-refractivity contribution in [2.24, 2.45) is 10.2 Å². The molecule has 0 saturated heterocycles. The van der Waals surface area contributed by atoms with Crippen molar-refractivity contribution >= 4 is 46.2 Å². The summed E-state index contributed by atoms with van der Waals surface area (Å²) in [5.41, 5.74) is 0.740. The van der Waals surface area contributed by atoms with E-state index in [-0.39, 0.29) is 27.2 Å². The van der Waals surface area contributed by atoms with Crippen molar-refractivity contribution in [3.63, 3.8) is 0 Å². The average molecular weight is 413 g/mol. The van der Waals surface area contributed by atoms with Crippen LogP contribution in [0.1, 0.15) is 5.56 Å². The van der Waals surface area contributed by atoms with Crippen molar-refractivity contribution in [3.05, 3.63) is 94.4 Å². The molecule has 6 nitrogen and oxygen atoms in total. The van der Waals surface area contributed by atoms with Crippen LogP contribution < -0.4 is 5.32 Å². The van der Waals surface area contributed by atoms with E-state index in [2.05, 4.69) is 20.5 Å². The third-order valence-electron chi connectivity index (χ3n) is 3.59. The molecule has 0 aliphatic heterocycles. The van der Waals surface area contributed by atoms with Gasteiger partial charge in [-0.3, -0.25) is 9.78 Å². The Hall–Kier alpha value is -3.22. The number of aliphatic hydroxyl groups is 1. The Kier molecular flexibility index (Phi) is 6.37. The van der Waals surface area contributed by atoms with Gasteiger partial charge >= 0.3 is 0 Å². The van der Waals surface area contributed by atoms with Crippen LogP contribution in [-0.4, -0.2) is 16.0 Å². The van der Waals surface area contributed by atoms with Crippen molar-refractivity contribution in [1.82, 2.24) is 4.98 Å². The number of nitrogens with zero attached hydrogens (tertiary/aromatic N) is 3. The van der Waals surface area contributed by atoms with Crippen molar-refractivity contribution in [2.75, 3.05) is 5.32 Å². The van der Waals surface area contributed by atoms with E-state index < -0.39 is 5.91 Å². The van der Waals surface area contributed by atoms with E-state index >= 15 is 0 Å². The van der Waals surface area contributed by atoms with Crippen molar-refractivity contribution in [3.8, 4) is 0 Å². The Bertz CT molecular complexity index is 1020. The number of amides is 1. The summed E-state index contributed by atoms with van der Waals surface area (Å²) in [5.74, 6) is -1.00. The predicted molar refractivity (Wildman–Crippen MR) is 110 cm³/mol. The first-order valence-corrected chi connectivity index (χ1v) is 8.87. The van der Waals surface area contributed by atoms with Gasteiger partial charge in [-0.2, -0.15) is 0 Å². The van der Waals surface area contributed by atoms with Gasteiger partial charge in [-0.1, -0.05) is 59.6 Å². The van der Waals surface area contributed by atoms with Crippen LogP contribution in [0, 0.1) is 0 Å². The first-order chi connectivity index (χ1) is 13.6. The molecule has 0 radical (unpaired) electrons. The highest BCUT2D eigenvalue weighted by molar-refractivity contribution is 6.38. The van der Waals surface area contributed by atoms with Crippen molar-refractivity contribution in [1.29, 1.82) is 0 Å². The minimum Gasteiger partial charge on any atom is -0.505 e. The third kappa shape index (κ3) is 4.73. The number of pyridine rings is 1. The first-order valence-electron chi connectivity index (χ1n) is 8.12. The van der Waals surface area contributed by atoms with Crippen LogP contribution in [0.2, 0.25) is 10.0 Å². The van der Waals surface area contributed by atoms with Gasteiger partial charge in [-0.05, 0) is 24.3 Å². The summed E-state index contributed by atoms with van der Waals surface area (Å²) in [5, 5.41) is 21.7. The molecule has 1 amide bonds. The summed E-state index contributed by atoms with van der Waals surface area (Å²) in [7, 11) is 0. The van der Waals surface area contributed by atoms with Crippen LogP contribution in [0.15, 0.2) is 89.0 Å². The fourth-order valence-electron chi connectivity index (χ4n) is 2.24. The topological polar surface area (TPSA) is 86.9 Å². The van der Waals surface area contributed by atoms with E-state index in [0.29, 0.717) is 11.3 Å². The van der Waals surface area contributed by atoms with E-state index in [1.165, 1.54) is 6.20 Å². The van der Waals surface area contributed by atoms with Gasteiger partial charge in [0, 0.05) is 11.8 Å². The second-order valence-electron chi connectivity index (χ2n) is 5.53. The standard InChI is InChI=1S/C20H14Cl2N4O2/c21-15-9-4-10-16(22)17(15)25-26-18(19(27)13-6-2-1-3-7-13)20(28)24-14-8-5-11-23-12-14/h1-12,27H,(H,24,28)/b19-18+,26-25?. The molecule has 0 fully saturated rings. The summed E-state index contributed by atoms with van der Waals surface area (Å²) in [6, 6.07) is 16.7. The second kappa shape index (κ2) is 9.12. The number of aliphatic hydroxyl groups excluding tert-OH is 1. The molecular formula is C20H14Cl2N4O2. The van der Waals surface area contributed by atoms with Crippen LogP contribution in [0.25, 0.3) is 5.76 Å². The Labute approximate surface area is 171 Å². The lowest BCUT2D eigenvalue weighted by Gasteiger charge is -2.08. The van der Waals surface area contributed by atoms with Gasteiger partial charge in [0.25, 0.3) is 5.91 Å². The SMILES string of the molecule is O=C(Nc1cccnc1)/C(N=Nc1c(Cl)cccc1Cl)=C(\O)c1ccccc1. The summed E-state index contributed by atoms with van der Waals surface area (Å²) < 4.78 is 0. The molecule has 0 bridgehead atoms. The zero-order valence-electron chi connectivity index (χ0n) is 14.4. The van der Waals surface area contributed by atoms with Crippen LogP contribution in [0.5, 0.6) is 0 Å². The van der Waals surface area contributed by atoms with Crippen LogP contribution in [-0.2, 0) is 4.79 Å². The van der Waals surface area contributed by atoms with Gasteiger partial charge in [0.05, 0.1) is 21.9 Å². The number of benzene rings is 2. The highest BCUT2D eigenvalue weighted by Crippen LogP contribution is 2.33. The number of halogens is 2. The van der Waals surface area contributed by atoms with Crippen molar-refractivity contribution in [2.45, 2.75) is 0 Å². The molecule has 0 saturated carbocycles. The van der Waals surface area contributed by atoms with Gasteiger partial charge in [0.1, 0.15) is 5.69 Å². The molecule has 28 heavy (non-hydrogen) atoms. The van der Waals surface area contributed by atoms with E-state index in [1.54, 1.807) is 66.9 Å². The molecule has 3 rings (SSSR count). The number of hydrogen-bond donors (Lipinski definition) is 2. The second-order valence-corrected chi connectivity index (χ2v) is 6.34. The normalized spacial score (nSPS) is 11.9. The monoisotopic (exact) mass is 412 g/mol. The van der Waals surface area contributed by atoms with Gasteiger partial charge in [0.2, 0.25) is 0 Å². The molecule has 0 unspecified atom stereocenters. The molecular weight excluding hydrogens is 399 g/mol. The molecule has 2 aromatic carbocycles. The van der Waals surface area contributed by atoms with Gasteiger partial charge in [0.15, 0.2) is 11.5 Å². The summed E-state index contributed by atoms with van der Waals surface area (Å²) in [6.45, 7) is 0. The van der Waals surface area contributed by atoms with E-state index in [4.69, 9.17) is 23.2 Å². The minimum atomic E-state index is -0.665. The number of hydrogen-bond acceptors (Lipinski definition) is 5. The minimum absolute atomic E-state index is 0.193. The molecule has 140 valence electrons. The first kappa shape index (κ1) is 19.5. The molecule has 2 N–H and O–H groups in total. The average Bonchev–Trinajstić information content (AvgIpc) is 2.71. The lowest BCUT2D eigenvalue weighted by Crippen LogP contribution is -2.15.